The average Bonchev–Trinajstić information content (AvgIpc) is 2.83. The predicted octanol–water partition coefficient (Wildman–Crippen LogP) is 1.95. The molecule has 1 atom stereocenters. The molecule has 5 heteroatoms. The molecule has 0 aliphatic heterocycles. The highest BCUT2D eigenvalue weighted by atomic mass is 16.5. The van der Waals surface area contributed by atoms with Gasteiger partial charge in [0.15, 0.2) is 12.3 Å². The molecule has 19 heavy (non-hydrogen) atoms. The Balaban J connectivity index is 2.50. The summed E-state index contributed by atoms with van der Waals surface area (Å²) >= 11 is 0. The third-order valence-corrected chi connectivity index (χ3v) is 2.88. The number of esters is 1. The van der Waals surface area contributed by atoms with Crippen LogP contribution < -0.4 is 4.74 Å². The van der Waals surface area contributed by atoms with Crippen molar-refractivity contribution in [3.8, 4) is 5.75 Å². The Morgan fingerprint density at radius 3 is 2.84 bits per heavy atom. The summed E-state index contributed by atoms with van der Waals surface area (Å²) in [4.78, 5) is 22.7. The first-order chi connectivity index (χ1) is 9.21. The number of hydrogen-bond donors (Lipinski definition) is 0. The zero-order valence-electron chi connectivity index (χ0n) is 10.8. The molecule has 0 radical (unpaired) electrons. The lowest BCUT2D eigenvalue weighted by Gasteiger charge is -2.12. The van der Waals surface area contributed by atoms with E-state index in [1.807, 2.05) is 25.1 Å². The molecule has 0 bridgehead atoms. The maximum Gasteiger partial charge on any atom is 0.336 e. The number of methoxy groups -OCH3 is 1. The van der Waals surface area contributed by atoms with Gasteiger partial charge >= 0.3 is 5.97 Å². The Labute approximate surface area is 110 Å². The van der Waals surface area contributed by atoms with Crippen LogP contribution in [0.5, 0.6) is 5.75 Å². The summed E-state index contributed by atoms with van der Waals surface area (Å²) in [7, 11) is 1.26. The summed E-state index contributed by atoms with van der Waals surface area (Å²) in [6, 6.07) is 6.41. The number of ether oxygens (including phenoxy) is 2. The number of fused-ring (bicyclic) bond motifs is 1. The van der Waals surface area contributed by atoms with Crippen LogP contribution in [-0.2, 0) is 14.3 Å². The number of rotatable bonds is 5. The summed E-state index contributed by atoms with van der Waals surface area (Å²) in [6.07, 6.45) is 2.26. The number of benzene rings is 1. The minimum absolute atomic E-state index is 0.556. The molecule has 0 saturated heterocycles. The van der Waals surface area contributed by atoms with Crippen LogP contribution in [0.1, 0.15) is 13.0 Å². The molecular formula is C14H15NO4. The fraction of sp³-hybridized carbons (Fsp3) is 0.286. The molecule has 2 aromatic rings. The molecule has 0 spiro atoms. The lowest BCUT2D eigenvalue weighted by Crippen LogP contribution is -2.21. The molecule has 1 aromatic heterocycles. The van der Waals surface area contributed by atoms with E-state index in [0.29, 0.717) is 18.6 Å². The first kappa shape index (κ1) is 13.1. The molecule has 0 aliphatic rings. The standard InChI is InChI=1S/C14H15NO4/c1-3-19-11-5-4-10-6-7-15(12(10)8-11)13(9-16)14(17)18-2/h4-9,13H,3H2,1-2H3. The predicted molar refractivity (Wildman–Crippen MR) is 70.2 cm³/mol. The van der Waals surface area contributed by atoms with Crippen molar-refractivity contribution >= 4 is 23.2 Å². The lowest BCUT2D eigenvalue weighted by molar-refractivity contribution is -0.145. The van der Waals surface area contributed by atoms with Gasteiger partial charge in [-0.1, -0.05) is 0 Å². The Morgan fingerprint density at radius 1 is 1.42 bits per heavy atom. The molecular weight excluding hydrogens is 246 g/mol. The van der Waals surface area contributed by atoms with Crippen LogP contribution >= 0.6 is 0 Å². The van der Waals surface area contributed by atoms with E-state index >= 15 is 0 Å². The van der Waals surface area contributed by atoms with Crippen molar-refractivity contribution in [1.29, 1.82) is 0 Å². The van der Waals surface area contributed by atoms with Gasteiger partial charge in [-0.2, -0.15) is 0 Å². The molecule has 0 aliphatic carbocycles. The monoisotopic (exact) mass is 261 g/mol. The van der Waals surface area contributed by atoms with Gasteiger partial charge in [-0.05, 0) is 30.5 Å². The topological polar surface area (TPSA) is 57.5 Å². The van der Waals surface area contributed by atoms with Crippen molar-refractivity contribution in [2.75, 3.05) is 13.7 Å². The Bertz CT molecular complexity index is 603. The van der Waals surface area contributed by atoms with Crippen molar-refractivity contribution in [1.82, 2.24) is 4.57 Å². The molecule has 0 saturated carbocycles. The molecule has 0 N–H and O–H groups in total. The molecule has 100 valence electrons. The Morgan fingerprint density at radius 2 is 2.21 bits per heavy atom. The van der Waals surface area contributed by atoms with E-state index in [9.17, 15) is 9.59 Å². The average molecular weight is 261 g/mol. The maximum atomic E-state index is 11.6. The number of carbonyl (C=O) groups is 2. The van der Waals surface area contributed by atoms with Crippen LogP contribution in [0.25, 0.3) is 10.9 Å². The van der Waals surface area contributed by atoms with Gasteiger partial charge in [0, 0.05) is 12.3 Å². The van der Waals surface area contributed by atoms with Gasteiger partial charge in [-0.25, -0.2) is 4.79 Å². The van der Waals surface area contributed by atoms with Gasteiger partial charge in [0.25, 0.3) is 0 Å². The van der Waals surface area contributed by atoms with Crippen LogP contribution in [0.15, 0.2) is 30.5 Å². The van der Waals surface area contributed by atoms with Crippen molar-refractivity contribution < 1.29 is 19.1 Å². The van der Waals surface area contributed by atoms with Crippen molar-refractivity contribution in [2.45, 2.75) is 13.0 Å². The van der Waals surface area contributed by atoms with Gasteiger partial charge in [0.05, 0.1) is 19.2 Å². The highest BCUT2D eigenvalue weighted by Crippen LogP contribution is 2.24. The molecule has 1 unspecified atom stereocenters. The van der Waals surface area contributed by atoms with E-state index in [1.165, 1.54) is 7.11 Å². The molecule has 1 heterocycles. The van der Waals surface area contributed by atoms with Crippen molar-refractivity contribution in [3.63, 3.8) is 0 Å². The third kappa shape index (κ3) is 2.45. The Kier molecular flexibility index (Phi) is 3.85. The van der Waals surface area contributed by atoms with Crippen LogP contribution in [-0.4, -0.2) is 30.5 Å². The summed E-state index contributed by atoms with van der Waals surface area (Å²) in [5, 5.41) is 0.930. The number of nitrogens with zero attached hydrogens (tertiary/aromatic N) is 1. The fourth-order valence-corrected chi connectivity index (χ4v) is 1.98. The second-order valence-electron chi connectivity index (χ2n) is 3.98. The van der Waals surface area contributed by atoms with Gasteiger partial charge in [0.2, 0.25) is 0 Å². The van der Waals surface area contributed by atoms with E-state index in [-0.39, 0.29) is 0 Å². The number of carbonyl (C=O) groups excluding carboxylic acids is 2. The summed E-state index contributed by atoms with van der Waals surface area (Å²) in [6.45, 7) is 2.45. The van der Waals surface area contributed by atoms with E-state index < -0.39 is 12.0 Å². The van der Waals surface area contributed by atoms with E-state index in [2.05, 4.69) is 4.74 Å². The highest BCUT2D eigenvalue weighted by Gasteiger charge is 2.21. The van der Waals surface area contributed by atoms with Crippen molar-refractivity contribution in [2.24, 2.45) is 0 Å². The zero-order valence-corrected chi connectivity index (χ0v) is 10.8. The molecule has 2 rings (SSSR count). The first-order valence-corrected chi connectivity index (χ1v) is 5.97. The van der Waals surface area contributed by atoms with Crippen LogP contribution in [0.2, 0.25) is 0 Å². The van der Waals surface area contributed by atoms with Crippen LogP contribution in [0, 0.1) is 0 Å². The summed E-state index contributed by atoms with van der Waals surface area (Å²) in [5.41, 5.74) is 0.758. The highest BCUT2D eigenvalue weighted by molar-refractivity contribution is 5.93. The van der Waals surface area contributed by atoms with Crippen LogP contribution in [0.3, 0.4) is 0 Å². The maximum absolute atomic E-state index is 11.6. The molecule has 0 fully saturated rings. The number of aromatic nitrogens is 1. The number of aldehydes is 1. The summed E-state index contributed by atoms with van der Waals surface area (Å²) < 4.78 is 11.6. The Hall–Kier alpha value is -2.30. The fourth-order valence-electron chi connectivity index (χ4n) is 1.98. The van der Waals surface area contributed by atoms with Gasteiger partial charge in [-0.15, -0.1) is 0 Å². The largest absolute Gasteiger partial charge is 0.494 e. The van der Waals surface area contributed by atoms with E-state index in [0.717, 1.165) is 10.9 Å². The normalized spacial score (nSPS) is 12.1. The molecule has 0 amide bonds. The second kappa shape index (κ2) is 5.56. The zero-order chi connectivity index (χ0) is 13.8. The quantitative estimate of drug-likeness (QED) is 0.469. The van der Waals surface area contributed by atoms with Gasteiger partial charge in [0.1, 0.15) is 5.75 Å². The lowest BCUT2D eigenvalue weighted by atomic mass is 10.2. The number of hydrogen-bond acceptors (Lipinski definition) is 4. The minimum Gasteiger partial charge on any atom is -0.494 e. The van der Waals surface area contributed by atoms with E-state index in [1.54, 1.807) is 16.8 Å². The second-order valence-corrected chi connectivity index (χ2v) is 3.98. The smallest absolute Gasteiger partial charge is 0.336 e. The van der Waals surface area contributed by atoms with Crippen molar-refractivity contribution in [3.05, 3.63) is 30.5 Å². The first-order valence-electron chi connectivity index (χ1n) is 5.97. The minimum atomic E-state index is -0.973. The summed E-state index contributed by atoms with van der Waals surface area (Å²) in [5.74, 6) is 0.110. The molecule has 1 aromatic carbocycles. The SMILES string of the molecule is CCOc1ccc2ccn(C(C=O)C(=O)OC)c2c1. The van der Waals surface area contributed by atoms with Crippen LogP contribution in [0.4, 0.5) is 0 Å². The van der Waals surface area contributed by atoms with E-state index in [4.69, 9.17) is 4.74 Å². The van der Waals surface area contributed by atoms with Gasteiger partial charge < -0.3 is 18.8 Å². The van der Waals surface area contributed by atoms with Gasteiger partial charge in [-0.3, -0.25) is 0 Å². The third-order valence-electron chi connectivity index (χ3n) is 2.88. The molecule has 5 nitrogen and oxygen atoms in total.